The van der Waals surface area contributed by atoms with E-state index in [0.29, 0.717) is 11.4 Å². The number of aromatic nitrogens is 2. The highest BCUT2D eigenvalue weighted by Gasteiger charge is 2.32. The second kappa shape index (κ2) is 6.49. The van der Waals surface area contributed by atoms with Crippen LogP contribution >= 0.6 is 11.6 Å². The largest absolute Gasteiger partial charge is 0.416 e. The van der Waals surface area contributed by atoms with E-state index >= 15 is 0 Å². The highest BCUT2D eigenvalue weighted by molar-refractivity contribution is 6.31. The molecule has 0 spiro atoms. The van der Waals surface area contributed by atoms with Gasteiger partial charge in [0.2, 0.25) is 0 Å². The van der Waals surface area contributed by atoms with Crippen molar-refractivity contribution in [3.63, 3.8) is 0 Å². The molecule has 138 valence electrons. The minimum absolute atomic E-state index is 0.0436. The normalized spacial score (nSPS) is 19.7. The molecule has 4 nitrogen and oxygen atoms in total. The molecule has 0 amide bonds. The molecule has 0 saturated heterocycles. The van der Waals surface area contributed by atoms with Gasteiger partial charge >= 0.3 is 6.18 Å². The molecule has 0 aliphatic carbocycles. The van der Waals surface area contributed by atoms with Gasteiger partial charge in [-0.05, 0) is 36.8 Å². The SMILES string of the molecule is CC(c1cc(C(F)(F)F)ccc1Cl)n1cc(C2C=CN=C3N=CC=C32)cn1. The Morgan fingerprint density at radius 1 is 1.26 bits per heavy atom. The molecule has 2 aromatic rings. The smallest absolute Gasteiger partial charge is 0.265 e. The fourth-order valence-corrected chi connectivity index (χ4v) is 3.47. The third kappa shape index (κ3) is 3.23. The topological polar surface area (TPSA) is 42.5 Å². The summed E-state index contributed by atoms with van der Waals surface area (Å²) >= 11 is 6.16. The first-order chi connectivity index (χ1) is 12.8. The summed E-state index contributed by atoms with van der Waals surface area (Å²) in [6, 6.07) is 2.87. The van der Waals surface area contributed by atoms with Crippen molar-refractivity contribution in [3.05, 3.63) is 76.2 Å². The van der Waals surface area contributed by atoms with Crippen LogP contribution in [0.25, 0.3) is 0 Å². The Bertz CT molecular complexity index is 1010. The molecule has 0 radical (unpaired) electrons. The van der Waals surface area contributed by atoms with Crippen LogP contribution in [0.1, 0.15) is 35.6 Å². The summed E-state index contributed by atoms with van der Waals surface area (Å²) in [5, 5.41) is 4.62. The second-order valence-corrected chi connectivity index (χ2v) is 6.74. The van der Waals surface area contributed by atoms with Gasteiger partial charge in [0.25, 0.3) is 0 Å². The van der Waals surface area contributed by atoms with Gasteiger partial charge in [-0.1, -0.05) is 17.7 Å². The zero-order valence-corrected chi connectivity index (χ0v) is 14.9. The predicted molar refractivity (Wildman–Crippen MR) is 98.4 cm³/mol. The molecule has 2 atom stereocenters. The number of hydrogen-bond acceptors (Lipinski definition) is 3. The first-order valence-electron chi connectivity index (χ1n) is 8.24. The van der Waals surface area contributed by atoms with E-state index in [0.717, 1.165) is 23.3 Å². The Labute approximate surface area is 158 Å². The minimum atomic E-state index is -4.42. The van der Waals surface area contributed by atoms with Crippen LogP contribution in [0.5, 0.6) is 0 Å². The Balaban J connectivity index is 1.64. The monoisotopic (exact) mass is 390 g/mol. The van der Waals surface area contributed by atoms with Crippen LogP contribution in [0, 0.1) is 0 Å². The summed E-state index contributed by atoms with van der Waals surface area (Å²) in [5.41, 5.74) is 1.52. The molecule has 0 N–H and O–H groups in total. The lowest BCUT2D eigenvalue weighted by Crippen LogP contribution is -2.11. The molecule has 3 heterocycles. The second-order valence-electron chi connectivity index (χ2n) is 6.34. The Morgan fingerprint density at radius 2 is 2.07 bits per heavy atom. The van der Waals surface area contributed by atoms with Crippen molar-refractivity contribution in [2.24, 2.45) is 9.98 Å². The van der Waals surface area contributed by atoms with Crippen LogP contribution in [0.15, 0.2) is 64.5 Å². The first kappa shape index (κ1) is 17.7. The highest BCUT2D eigenvalue weighted by Crippen LogP contribution is 2.36. The Morgan fingerprint density at radius 3 is 2.85 bits per heavy atom. The van der Waals surface area contributed by atoms with Crippen molar-refractivity contribution in [1.82, 2.24) is 9.78 Å². The van der Waals surface area contributed by atoms with E-state index in [-0.39, 0.29) is 10.9 Å². The van der Waals surface area contributed by atoms with Crippen molar-refractivity contribution in [1.29, 1.82) is 0 Å². The van der Waals surface area contributed by atoms with Crippen LogP contribution in [0.4, 0.5) is 13.2 Å². The van der Waals surface area contributed by atoms with Gasteiger partial charge in [0, 0.05) is 40.7 Å². The summed E-state index contributed by atoms with van der Waals surface area (Å²) in [4.78, 5) is 8.42. The number of halogens is 4. The Kier molecular flexibility index (Phi) is 4.26. The van der Waals surface area contributed by atoms with Crippen LogP contribution < -0.4 is 0 Å². The van der Waals surface area contributed by atoms with E-state index < -0.39 is 17.8 Å². The maximum Gasteiger partial charge on any atom is 0.416 e. The number of benzene rings is 1. The number of allylic oxidation sites excluding steroid dienone is 2. The van der Waals surface area contributed by atoms with Crippen LogP contribution in [0.2, 0.25) is 5.02 Å². The molecule has 2 aliphatic heterocycles. The van der Waals surface area contributed by atoms with Gasteiger partial charge in [-0.25, -0.2) is 9.98 Å². The lowest BCUT2D eigenvalue weighted by molar-refractivity contribution is -0.137. The van der Waals surface area contributed by atoms with Crippen molar-refractivity contribution in [2.45, 2.75) is 25.1 Å². The zero-order chi connectivity index (χ0) is 19.2. The van der Waals surface area contributed by atoms with E-state index in [1.54, 1.807) is 30.2 Å². The van der Waals surface area contributed by atoms with Gasteiger partial charge in [0.1, 0.15) is 0 Å². The number of fused-ring (bicyclic) bond motifs is 1. The maximum atomic E-state index is 13.0. The van der Waals surface area contributed by atoms with E-state index in [4.69, 9.17) is 11.6 Å². The summed E-state index contributed by atoms with van der Waals surface area (Å²) < 4.78 is 40.7. The zero-order valence-electron chi connectivity index (χ0n) is 14.2. The number of rotatable bonds is 3. The standard InChI is InChI=1S/C19H14ClF3N4/c1-11(16-8-13(19(21,22)23)2-3-17(16)20)27-10-12(9-26-27)14-4-6-24-18-15(14)5-7-25-18/h2-11,14H,1H3. The third-order valence-electron chi connectivity index (χ3n) is 4.67. The molecule has 2 unspecified atom stereocenters. The van der Waals surface area contributed by atoms with Crippen LogP contribution in [-0.4, -0.2) is 21.8 Å². The average Bonchev–Trinajstić information content (AvgIpc) is 3.29. The summed E-state index contributed by atoms with van der Waals surface area (Å²) in [6.45, 7) is 1.76. The van der Waals surface area contributed by atoms with Crippen LogP contribution in [-0.2, 0) is 6.18 Å². The van der Waals surface area contributed by atoms with Gasteiger partial charge in [-0.2, -0.15) is 18.3 Å². The van der Waals surface area contributed by atoms with Gasteiger partial charge in [0.05, 0.1) is 17.8 Å². The number of aliphatic imine (C=N–C) groups is 2. The van der Waals surface area contributed by atoms with E-state index in [2.05, 4.69) is 15.1 Å². The molecule has 1 aromatic heterocycles. The van der Waals surface area contributed by atoms with E-state index in [1.807, 2.05) is 18.3 Å². The van der Waals surface area contributed by atoms with Crippen molar-refractivity contribution in [2.75, 3.05) is 0 Å². The van der Waals surface area contributed by atoms with Crippen molar-refractivity contribution < 1.29 is 13.2 Å². The van der Waals surface area contributed by atoms with Crippen molar-refractivity contribution >= 4 is 23.7 Å². The Hall–Kier alpha value is -2.67. The molecule has 27 heavy (non-hydrogen) atoms. The molecule has 4 rings (SSSR count). The fraction of sp³-hybridized carbons (Fsp3) is 0.211. The van der Waals surface area contributed by atoms with Gasteiger partial charge in [-0.15, -0.1) is 0 Å². The quantitative estimate of drug-likeness (QED) is 0.711. The molecule has 2 aliphatic rings. The van der Waals surface area contributed by atoms with Crippen molar-refractivity contribution in [3.8, 4) is 0 Å². The van der Waals surface area contributed by atoms with E-state index in [9.17, 15) is 13.2 Å². The lowest BCUT2D eigenvalue weighted by Gasteiger charge is -2.18. The fourth-order valence-electron chi connectivity index (χ4n) is 3.19. The predicted octanol–water partition coefficient (Wildman–Crippen LogP) is 5.18. The maximum absolute atomic E-state index is 13.0. The number of amidine groups is 1. The summed E-state index contributed by atoms with van der Waals surface area (Å²) in [6.07, 6.45) is 6.33. The molecular formula is C19H14ClF3N4. The third-order valence-corrected chi connectivity index (χ3v) is 5.01. The van der Waals surface area contributed by atoms with Gasteiger partial charge < -0.3 is 0 Å². The minimum Gasteiger partial charge on any atom is -0.265 e. The van der Waals surface area contributed by atoms with Gasteiger partial charge in [-0.3, -0.25) is 4.68 Å². The molecular weight excluding hydrogens is 377 g/mol. The summed E-state index contributed by atoms with van der Waals surface area (Å²) in [7, 11) is 0. The number of alkyl halides is 3. The molecule has 1 aromatic carbocycles. The molecule has 0 saturated carbocycles. The van der Waals surface area contributed by atoms with E-state index in [1.165, 1.54) is 6.07 Å². The van der Waals surface area contributed by atoms with Gasteiger partial charge in [0.15, 0.2) is 5.84 Å². The molecule has 0 bridgehead atoms. The summed E-state index contributed by atoms with van der Waals surface area (Å²) in [5.74, 6) is 0.627. The average molecular weight is 391 g/mol. The lowest BCUT2D eigenvalue weighted by atomic mass is 9.91. The highest BCUT2D eigenvalue weighted by atomic mass is 35.5. The number of nitrogens with zero attached hydrogens (tertiary/aromatic N) is 4. The number of hydrogen-bond donors (Lipinski definition) is 0. The molecule has 0 fully saturated rings. The first-order valence-corrected chi connectivity index (χ1v) is 8.62. The van der Waals surface area contributed by atoms with Crippen LogP contribution in [0.3, 0.4) is 0 Å². The molecule has 8 heteroatoms.